The van der Waals surface area contributed by atoms with Gasteiger partial charge in [-0.1, -0.05) is 31.5 Å². The van der Waals surface area contributed by atoms with E-state index in [0.717, 1.165) is 43.4 Å². The lowest BCUT2D eigenvalue weighted by Gasteiger charge is -2.35. The first-order valence-corrected chi connectivity index (χ1v) is 11.9. The van der Waals surface area contributed by atoms with E-state index in [4.69, 9.17) is 0 Å². The summed E-state index contributed by atoms with van der Waals surface area (Å²) >= 11 is 0. The largest absolute Gasteiger partial charge is 0.355 e. The van der Waals surface area contributed by atoms with Gasteiger partial charge in [0.2, 0.25) is 5.91 Å². The molecule has 0 aliphatic carbocycles. The molecule has 1 aromatic carbocycles. The van der Waals surface area contributed by atoms with Gasteiger partial charge in [-0.2, -0.15) is 0 Å². The molecule has 3 heterocycles. The van der Waals surface area contributed by atoms with Gasteiger partial charge in [-0.05, 0) is 57.2 Å². The van der Waals surface area contributed by atoms with Crippen molar-refractivity contribution >= 4 is 22.7 Å². The third-order valence-electron chi connectivity index (χ3n) is 7.35. The lowest BCUT2D eigenvalue weighted by molar-refractivity contribution is -0.126. The number of hydrogen-bond donors (Lipinski definition) is 2. The normalized spacial score (nSPS) is 21.9. The number of para-hydroxylation sites is 1. The highest BCUT2D eigenvalue weighted by molar-refractivity contribution is 5.98. The van der Waals surface area contributed by atoms with Crippen LogP contribution >= 0.6 is 0 Å². The lowest BCUT2D eigenvalue weighted by Crippen LogP contribution is -2.45. The number of carbonyl (C=O) groups excluding carboxylic acids is 2. The van der Waals surface area contributed by atoms with Crippen LogP contribution in [0, 0.1) is 11.8 Å². The maximum atomic E-state index is 12.9. The second-order valence-corrected chi connectivity index (χ2v) is 9.36. The number of H-pyrrole nitrogens is 1. The summed E-state index contributed by atoms with van der Waals surface area (Å²) in [6, 6.07) is 10.5. The van der Waals surface area contributed by atoms with Gasteiger partial charge in [0.25, 0.3) is 5.91 Å². The zero-order chi connectivity index (χ0) is 21.8. The second kappa shape index (κ2) is 9.86. The van der Waals surface area contributed by atoms with Crippen molar-refractivity contribution in [3.63, 3.8) is 0 Å². The van der Waals surface area contributed by atoms with Crippen LogP contribution in [0.3, 0.4) is 0 Å². The van der Waals surface area contributed by atoms with Crippen molar-refractivity contribution in [1.82, 2.24) is 20.1 Å². The molecule has 6 nitrogen and oxygen atoms in total. The maximum Gasteiger partial charge on any atom is 0.270 e. The third kappa shape index (κ3) is 5.12. The van der Waals surface area contributed by atoms with Gasteiger partial charge in [-0.25, -0.2) is 0 Å². The molecule has 2 fully saturated rings. The van der Waals surface area contributed by atoms with E-state index in [1.807, 2.05) is 42.2 Å². The molecule has 0 unspecified atom stereocenters. The first-order valence-electron chi connectivity index (χ1n) is 11.9. The van der Waals surface area contributed by atoms with Gasteiger partial charge in [-0.15, -0.1) is 0 Å². The monoisotopic (exact) mass is 424 g/mol. The molecule has 2 saturated heterocycles. The molecule has 2 aliphatic rings. The lowest BCUT2D eigenvalue weighted by atomic mass is 9.84. The molecule has 2 atom stereocenters. The molecule has 2 aromatic rings. The molecule has 2 amide bonds. The van der Waals surface area contributed by atoms with E-state index in [1.165, 1.54) is 19.3 Å². The van der Waals surface area contributed by atoms with E-state index >= 15 is 0 Å². The molecule has 1 aromatic heterocycles. The molecule has 31 heavy (non-hydrogen) atoms. The molecule has 0 bridgehead atoms. The third-order valence-corrected chi connectivity index (χ3v) is 7.35. The van der Waals surface area contributed by atoms with Crippen LogP contribution in [0.1, 0.15) is 56.4 Å². The summed E-state index contributed by atoms with van der Waals surface area (Å²) < 4.78 is 0. The summed E-state index contributed by atoms with van der Waals surface area (Å²) in [5, 5.41) is 4.22. The van der Waals surface area contributed by atoms with Crippen molar-refractivity contribution in [1.29, 1.82) is 0 Å². The van der Waals surface area contributed by atoms with Crippen molar-refractivity contribution in [2.45, 2.75) is 52.0 Å². The Morgan fingerprint density at radius 2 is 1.90 bits per heavy atom. The fraction of sp³-hybridized carbons (Fsp3) is 0.600. The summed E-state index contributed by atoms with van der Waals surface area (Å²) in [5.41, 5.74) is 1.64. The van der Waals surface area contributed by atoms with Crippen LogP contribution in [-0.2, 0) is 4.79 Å². The fourth-order valence-electron chi connectivity index (χ4n) is 5.15. The Hall–Kier alpha value is -2.34. The molecular formula is C25H36N4O2. The van der Waals surface area contributed by atoms with Crippen LogP contribution in [0.5, 0.6) is 0 Å². The first kappa shape index (κ1) is 21.9. The number of carbonyl (C=O) groups is 2. The minimum atomic E-state index is -0.0101. The van der Waals surface area contributed by atoms with Crippen LogP contribution in [0.15, 0.2) is 30.3 Å². The quantitative estimate of drug-likeness (QED) is 0.744. The Balaban J connectivity index is 1.23. The Morgan fingerprint density at radius 1 is 1.13 bits per heavy atom. The van der Waals surface area contributed by atoms with E-state index in [2.05, 4.69) is 22.1 Å². The fourth-order valence-corrected chi connectivity index (χ4v) is 5.15. The van der Waals surface area contributed by atoms with Gasteiger partial charge in [0.15, 0.2) is 0 Å². The molecule has 2 aliphatic heterocycles. The predicted octanol–water partition coefficient (Wildman–Crippen LogP) is 3.65. The number of hydrogen-bond acceptors (Lipinski definition) is 3. The highest BCUT2D eigenvalue weighted by Crippen LogP contribution is 2.26. The Bertz CT molecular complexity index is 867. The highest BCUT2D eigenvalue weighted by atomic mass is 16.2. The average molecular weight is 425 g/mol. The van der Waals surface area contributed by atoms with Crippen molar-refractivity contribution in [3.8, 4) is 0 Å². The molecule has 0 saturated carbocycles. The summed E-state index contributed by atoms with van der Waals surface area (Å²) in [6.07, 6.45) is 5.61. The van der Waals surface area contributed by atoms with Crippen molar-refractivity contribution in [2.24, 2.45) is 11.8 Å². The van der Waals surface area contributed by atoms with Crippen LogP contribution in [0.2, 0.25) is 0 Å². The maximum absolute atomic E-state index is 12.9. The summed E-state index contributed by atoms with van der Waals surface area (Å²) in [4.78, 5) is 33.2. The Kier molecular flexibility index (Phi) is 6.96. The number of nitrogens with zero attached hydrogens (tertiary/aromatic N) is 2. The summed E-state index contributed by atoms with van der Waals surface area (Å²) in [5.74, 6) is 0.539. The van der Waals surface area contributed by atoms with Crippen molar-refractivity contribution < 1.29 is 9.59 Å². The topological polar surface area (TPSA) is 68.4 Å². The van der Waals surface area contributed by atoms with Crippen LogP contribution in [0.4, 0.5) is 0 Å². The number of aromatic amines is 1. The number of amides is 2. The summed E-state index contributed by atoms with van der Waals surface area (Å²) in [6.45, 7) is 8.56. The van der Waals surface area contributed by atoms with E-state index in [1.54, 1.807) is 0 Å². The number of benzene rings is 1. The predicted molar refractivity (Wildman–Crippen MR) is 124 cm³/mol. The number of likely N-dealkylation sites (tertiary alicyclic amines) is 2. The smallest absolute Gasteiger partial charge is 0.270 e. The van der Waals surface area contributed by atoms with Crippen LogP contribution < -0.4 is 5.32 Å². The van der Waals surface area contributed by atoms with Crippen molar-refractivity contribution in [3.05, 3.63) is 36.0 Å². The highest BCUT2D eigenvalue weighted by Gasteiger charge is 2.30. The number of rotatable bonds is 6. The number of piperidine rings is 2. The second-order valence-electron chi connectivity index (χ2n) is 9.36. The van der Waals surface area contributed by atoms with Crippen LogP contribution in [-0.4, -0.2) is 65.4 Å². The van der Waals surface area contributed by atoms with Gasteiger partial charge in [0, 0.05) is 49.0 Å². The average Bonchev–Trinajstić information content (AvgIpc) is 3.24. The number of nitrogens with one attached hydrogen (secondary N) is 2. The first-order chi connectivity index (χ1) is 15.0. The van der Waals surface area contributed by atoms with Gasteiger partial charge in [-0.3, -0.25) is 14.5 Å². The van der Waals surface area contributed by atoms with E-state index < -0.39 is 0 Å². The Labute approximate surface area is 185 Å². The molecule has 168 valence electrons. The van der Waals surface area contributed by atoms with Gasteiger partial charge < -0.3 is 15.2 Å². The minimum Gasteiger partial charge on any atom is -0.355 e. The molecule has 0 spiro atoms. The SMILES string of the molecule is C[C@H](C(=O)NCCN1CCCC[C@H]1C)C1CCN(C(=O)c2cc3ccccc3[nH]2)CC1. The molecule has 2 N–H and O–H groups in total. The van der Waals surface area contributed by atoms with Gasteiger partial charge in [0.05, 0.1) is 0 Å². The zero-order valence-corrected chi connectivity index (χ0v) is 18.9. The molecular weight excluding hydrogens is 388 g/mol. The number of aromatic nitrogens is 1. The molecule has 6 heteroatoms. The number of fused-ring (bicyclic) bond motifs is 1. The van der Waals surface area contributed by atoms with E-state index in [9.17, 15) is 9.59 Å². The standard InChI is InChI=1S/C25H36N4O2/c1-18-7-5-6-13-28(18)16-12-26-24(30)19(2)20-10-14-29(15-11-20)25(31)23-17-21-8-3-4-9-22(21)27-23/h3-4,8-9,17-20,27H,5-7,10-16H2,1-2H3,(H,26,30)/t18-,19+/m1/s1. The van der Waals surface area contributed by atoms with E-state index in [-0.39, 0.29) is 17.7 Å². The van der Waals surface area contributed by atoms with E-state index in [0.29, 0.717) is 30.7 Å². The van der Waals surface area contributed by atoms with Crippen LogP contribution in [0.25, 0.3) is 10.9 Å². The minimum absolute atomic E-state index is 0.0101. The zero-order valence-electron chi connectivity index (χ0n) is 18.9. The molecule has 4 rings (SSSR count). The van der Waals surface area contributed by atoms with Gasteiger partial charge >= 0.3 is 0 Å². The molecule has 0 radical (unpaired) electrons. The van der Waals surface area contributed by atoms with Crippen molar-refractivity contribution in [2.75, 3.05) is 32.7 Å². The van der Waals surface area contributed by atoms with Gasteiger partial charge in [0.1, 0.15) is 5.69 Å². The Morgan fingerprint density at radius 3 is 2.65 bits per heavy atom. The summed E-state index contributed by atoms with van der Waals surface area (Å²) in [7, 11) is 0.